The van der Waals surface area contributed by atoms with Crippen molar-refractivity contribution < 1.29 is 19.1 Å². The van der Waals surface area contributed by atoms with E-state index in [1.54, 1.807) is 12.1 Å². The molecule has 0 spiro atoms. The summed E-state index contributed by atoms with van der Waals surface area (Å²) in [6.07, 6.45) is 0.982. The number of hydrogen-bond acceptors (Lipinski definition) is 6. The zero-order valence-corrected chi connectivity index (χ0v) is 11.2. The molecule has 0 saturated heterocycles. The van der Waals surface area contributed by atoms with Crippen LogP contribution in [0.1, 0.15) is 0 Å². The summed E-state index contributed by atoms with van der Waals surface area (Å²) < 4.78 is 9.00. The van der Waals surface area contributed by atoms with Crippen LogP contribution in [0.3, 0.4) is 0 Å². The molecular formula is C12H13ClN2O4. The fourth-order valence-corrected chi connectivity index (χ4v) is 1.37. The lowest BCUT2D eigenvalue weighted by Gasteiger charge is -2.09. The molecule has 7 heteroatoms. The molecule has 1 aromatic rings. The number of nitrogens with one attached hydrogen (secondary N) is 1. The maximum Gasteiger partial charge on any atom is 0.354 e. The number of carbonyl (C=O) groups excluding carboxylic acids is 2. The number of rotatable bonds is 4. The smallest absolute Gasteiger partial charge is 0.354 e. The van der Waals surface area contributed by atoms with E-state index in [9.17, 15) is 9.59 Å². The number of anilines is 2. The summed E-state index contributed by atoms with van der Waals surface area (Å²) in [4.78, 5) is 22.7. The number of hydrogen-bond donors (Lipinski definition) is 2. The van der Waals surface area contributed by atoms with Gasteiger partial charge >= 0.3 is 11.9 Å². The number of halogens is 1. The zero-order valence-electron chi connectivity index (χ0n) is 10.4. The van der Waals surface area contributed by atoms with E-state index >= 15 is 0 Å². The van der Waals surface area contributed by atoms with Gasteiger partial charge in [-0.15, -0.1) is 0 Å². The van der Waals surface area contributed by atoms with Crippen molar-refractivity contribution in [2.45, 2.75) is 0 Å². The van der Waals surface area contributed by atoms with Crippen LogP contribution in [0.5, 0.6) is 0 Å². The van der Waals surface area contributed by atoms with E-state index in [1.165, 1.54) is 20.3 Å². The van der Waals surface area contributed by atoms with Crippen LogP contribution < -0.4 is 11.1 Å². The van der Waals surface area contributed by atoms with Crippen molar-refractivity contribution >= 4 is 34.9 Å². The summed E-state index contributed by atoms with van der Waals surface area (Å²) in [5.41, 5.74) is 6.39. The van der Waals surface area contributed by atoms with Gasteiger partial charge in [-0.3, -0.25) is 0 Å². The molecule has 1 aromatic carbocycles. The Morgan fingerprint density at radius 3 is 2.53 bits per heavy atom. The molecule has 0 aliphatic rings. The monoisotopic (exact) mass is 284 g/mol. The molecule has 0 radical (unpaired) electrons. The Hall–Kier alpha value is -2.21. The molecule has 0 heterocycles. The molecule has 3 N–H and O–H groups in total. The highest BCUT2D eigenvalue weighted by Gasteiger charge is 2.13. The van der Waals surface area contributed by atoms with E-state index in [2.05, 4.69) is 14.8 Å². The molecular weight excluding hydrogens is 272 g/mol. The Balaban J connectivity index is 3.00. The molecule has 0 unspecified atom stereocenters. The van der Waals surface area contributed by atoms with Gasteiger partial charge in [0, 0.05) is 5.69 Å². The predicted molar refractivity (Wildman–Crippen MR) is 71.6 cm³/mol. The molecule has 0 aromatic heterocycles. The molecule has 1 rings (SSSR count). The lowest BCUT2D eigenvalue weighted by Crippen LogP contribution is -2.15. The van der Waals surface area contributed by atoms with Crippen molar-refractivity contribution in [1.82, 2.24) is 0 Å². The average Bonchev–Trinajstić information content (AvgIpc) is 2.41. The van der Waals surface area contributed by atoms with Gasteiger partial charge in [-0.2, -0.15) is 0 Å². The van der Waals surface area contributed by atoms with E-state index in [1.807, 2.05) is 0 Å². The normalized spacial score (nSPS) is 10.8. The molecule has 0 bridgehead atoms. The Morgan fingerprint density at radius 2 is 2.00 bits per heavy atom. The maximum atomic E-state index is 11.5. The molecule has 0 atom stereocenters. The zero-order chi connectivity index (χ0) is 14.4. The molecule has 6 nitrogen and oxygen atoms in total. The molecule has 0 aliphatic carbocycles. The van der Waals surface area contributed by atoms with Gasteiger partial charge in [-0.1, -0.05) is 11.6 Å². The molecule has 102 valence electrons. The predicted octanol–water partition coefficient (Wildman–Crippen LogP) is 1.56. The Bertz CT molecular complexity index is 528. The van der Waals surface area contributed by atoms with Gasteiger partial charge in [0.05, 0.1) is 31.0 Å². The third kappa shape index (κ3) is 4.18. The number of ether oxygens (including phenoxy) is 2. The molecule has 19 heavy (non-hydrogen) atoms. The van der Waals surface area contributed by atoms with Gasteiger partial charge in [-0.05, 0) is 18.2 Å². The van der Waals surface area contributed by atoms with E-state index in [0.717, 1.165) is 6.08 Å². The highest BCUT2D eigenvalue weighted by molar-refractivity contribution is 6.33. The number of methoxy groups -OCH3 is 2. The molecule has 0 saturated carbocycles. The van der Waals surface area contributed by atoms with Crippen LogP contribution in [0, 0.1) is 0 Å². The van der Waals surface area contributed by atoms with Crippen LogP contribution in [-0.4, -0.2) is 26.2 Å². The first-order valence-corrected chi connectivity index (χ1v) is 5.55. The van der Waals surface area contributed by atoms with Crippen LogP contribution in [0.4, 0.5) is 11.4 Å². The van der Waals surface area contributed by atoms with Crippen LogP contribution in [0.25, 0.3) is 0 Å². The van der Waals surface area contributed by atoms with Crippen molar-refractivity contribution in [1.29, 1.82) is 0 Å². The number of nitrogen functional groups attached to an aromatic ring is 1. The van der Waals surface area contributed by atoms with Gasteiger partial charge in [0.1, 0.15) is 5.70 Å². The quantitative estimate of drug-likeness (QED) is 0.495. The topological polar surface area (TPSA) is 90.6 Å². The molecule has 0 amide bonds. The first-order chi connectivity index (χ1) is 8.97. The SMILES string of the molecule is COC(=O)/C=C(/Nc1ccc(N)c(Cl)c1)C(=O)OC. The summed E-state index contributed by atoms with van der Waals surface area (Å²) in [7, 11) is 2.40. The minimum atomic E-state index is -0.710. The summed E-state index contributed by atoms with van der Waals surface area (Å²) in [5.74, 6) is -1.40. The van der Waals surface area contributed by atoms with Crippen molar-refractivity contribution in [3.8, 4) is 0 Å². The first kappa shape index (κ1) is 14.8. The van der Waals surface area contributed by atoms with Crippen LogP contribution in [0.15, 0.2) is 30.0 Å². The first-order valence-electron chi connectivity index (χ1n) is 5.18. The highest BCUT2D eigenvalue weighted by Crippen LogP contribution is 2.23. The van der Waals surface area contributed by atoms with Crippen LogP contribution >= 0.6 is 11.6 Å². The second-order valence-electron chi connectivity index (χ2n) is 3.43. The number of benzene rings is 1. The summed E-state index contributed by atoms with van der Waals surface area (Å²) >= 11 is 5.85. The lowest BCUT2D eigenvalue weighted by molar-refractivity contribution is -0.138. The Kier molecular flexibility index (Phi) is 5.20. The van der Waals surface area contributed by atoms with Crippen molar-refractivity contribution in [2.75, 3.05) is 25.3 Å². The van der Waals surface area contributed by atoms with E-state index in [0.29, 0.717) is 16.4 Å². The fourth-order valence-electron chi connectivity index (χ4n) is 1.19. The highest BCUT2D eigenvalue weighted by atomic mass is 35.5. The summed E-state index contributed by atoms with van der Waals surface area (Å²) in [5, 5.41) is 3.03. The Labute approximate surface area is 115 Å². The van der Waals surface area contributed by atoms with Gasteiger partial charge in [0.15, 0.2) is 0 Å². The summed E-state index contributed by atoms with van der Waals surface area (Å²) in [6, 6.07) is 4.69. The fraction of sp³-hybridized carbons (Fsp3) is 0.167. The number of esters is 2. The second kappa shape index (κ2) is 6.65. The van der Waals surface area contributed by atoms with Crippen molar-refractivity contribution in [3.05, 3.63) is 35.0 Å². The lowest BCUT2D eigenvalue weighted by atomic mass is 10.2. The molecule has 0 fully saturated rings. The van der Waals surface area contributed by atoms with Crippen LogP contribution in [-0.2, 0) is 19.1 Å². The molecule has 0 aliphatic heterocycles. The van der Waals surface area contributed by atoms with Gasteiger partial charge in [0.2, 0.25) is 0 Å². The van der Waals surface area contributed by atoms with Crippen LogP contribution in [0.2, 0.25) is 5.02 Å². The van der Waals surface area contributed by atoms with E-state index in [-0.39, 0.29) is 5.70 Å². The third-order valence-electron chi connectivity index (χ3n) is 2.15. The van der Waals surface area contributed by atoms with E-state index in [4.69, 9.17) is 17.3 Å². The Morgan fingerprint density at radius 1 is 1.32 bits per heavy atom. The summed E-state index contributed by atoms with van der Waals surface area (Å²) in [6.45, 7) is 0. The largest absolute Gasteiger partial charge is 0.466 e. The average molecular weight is 285 g/mol. The van der Waals surface area contributed by atoms with Crippen molar-refractivity contribution in [2.24, 2.45) is 0 Å². The third-order valence-corrected chi connectivity index (χ3v) is 2.48. The minimum absolute atomic E-state index is 0.0739. The second-order valence-corrected chi connectivity index (χ2v) is 3.84. The van der Waals surface area contributed by atoms with Crippen molar-refractivity contribution in [3.63, 3.8) is 0 Å². The van der Waals surface area contributed by atoms with Gasteiger partial charge in [-0.25, -0.2) is 9.59 Å². The number of nitrogens with two attached hydrogens (primary N) is 1. The van der Waals surface area contributed by atoms with Gasteiger partial charge < -0.3 is 20.5 Å². The minimum Gasteiger partial charge on any atom is -0.466 e. The standard InChI is InChI=1S/C12H13ClN2O4/c1-18-11(16)6-10(12(17)19-2)15-7-3-4-9(14)8(13)5-7/h3-6,15H,14H2,1-2H3/b10-6+. The number of carbonyl (C=O) groups is 2. The van der Waals surface area contributed by atoms with E-state index < -0.39 is 11.9 Å². The van der Waals surface area contributed by atoms with Gasteiger partial charge in [0.25, 0.3) is 0 Å². The maximum absolute atomic E-state index is 11.5.